The van der Waals surface area contributed by atoms with Gasteiger partial charge in [-0.05, 0) is 60.9 Å². The normalized spacial score (nSPS) is 15.1. The first-order chi connectivity index (χ1) is 16.5. The second-order valence-corrected chi connectivity index (χ2v) is 9.59. The lowest BCUT2D eigenvalue weighted by atomic mass is 10.1. The first-order valence-electron chi connectivity index (χ1n) is 11.5. The summed E-state index contributed by atoms with van der Waals surface area (Å²) in [6, 6.07) is 9.61. The van der Waals surface area contributed by atoms with Crippen LogP contribution < -0.4 is 10.6 Å². The Morgan fingerprint density at radius 2 is 1.66 bits per heavy atom. The lowest BCUT2D eigenvalue weighted by Gasteiger charge is -2.35. The van der Waals surface area contributed by atoms with Crippen LogP contribution in [-0.4, -0.2) is 52.2 Å². The van der Waals surface area contributed by atoms with Crippen LogP contribution in [0, 0.1) is 12.8 Å². The van der Waals surface area contributed by atoms with Gasteiger partial charge in [0, 0.05) is 43.3 Å². The maximum atomic E-state index is 13.3. The third kappa shape index (κ3) is 5.67. The molecule has 1 aromatic heterocycles. The van der Waals surface area contributed by atoms with E-state index >= 15 is 0 Å². The van der Waals surface area contributed by atoms with E-state index < -0.39 is 17.4 Å². The molecule has 0 spiro atoms. The molecule has 1 saturated heterocycles. The maximum absolute atomic E-state index is 13.3. The standard InChI is InChI=1S/C25H27ClF3N5O/c1-16(2)15-32-10-12-33(13-11-32)23-30-22(21-9-6-19(26)14-17(21)3)34(24(35)31-23)20-7-4-18(5-8-20)25(27,28)29/h4-9,14,16H,10-13,15H2,1-3H3. The Labute approximate surface area is 207 Å². The molecule has 0 saturated carbocycles. The van der Waals surface area contributed by atoms with E-state index in [2.05, 4.69) is 23.7 Å². The highest BCUT2D eigenvalue weighted by Crippen LogP contribution is 2.31. The smallest absolute Gasteiger partial charge is 0.338 e. The van der Waals surface area contributed by atoms with Gasteiger partial charge in [-0.25, -0.2) is 9.36 Å². The van der Waals surface area contributed by atoms with E-state index in [0.29, 0.717) is 41.4 Å². The number of anilines is 1. The number of benzene rings is 2. The fourth-order valence-electron chi connectivity index (χ4n) is 4.27. The van der Waals surface area contributed by atoms with E-state index in [1.165, 1.54) is 16.7 Å². The number of aryl methyl sites for hydroxylation is 1. The average molecular weight is 506 g/mol. The van der Waals surface area contributed by atoms with Crippen LogP contribution in [0.3, 0.4) is 0 Å². The molecule has 0 unspecified atom stereocenters. The molecule has 186 valence electrons. The molecule has 10 heteroatoms. The summed E-state index contributed by atoms with van der Waals surface area (Å²) in [6.45, 7) is 10.2. The van der Waals surface area contributed by atoms with Gasteiger partial charge >= 0.3 is 11.9 Å². The number of alkyl halides is 3. The summed E-state index contributed by atoms with van der Waals surface area (Å²) in [5, 5.41) is 0.533. The average Bonchev–Trinajstić information content (AvgIpc) is 2.78. The summed E-state index contributed by atoms with van der Waals surface area (Å²) in [7, 11) is 0. The molecule has 2 heterocycles. The molecule has 1 fully saturated rings. The highest BCUT2D eigenvalue weighted by atomic mass is 35.5. The number of aromatic nitrogens is 3. The summed E-state index contributed by atoms with van der Waals surface area (Å²) >= 11 is 6.13. The highest BCUT2D eigenvalue weighted by Gasteiger charge is 2.30. The predicted molar refractivity (Wildman–Crippen MR) is 131 cm³/mol. The van der Waals surface area contributed by atoms with Crippen LogP contribution in [-0.2, 0) is 6.18 Å². The zero-order valence-electron chi connectivity index (χ0n) is 19.8. The number of nitrogens with zero attached hydrogens (tertiary/aromatic N) is 5. The molecule has 0 atom stereocenters. The minimum Gasteiger partial charge on any atom is -0.338 e. The van der Waals surface area contributed by atoms with E-state index in [-0.39, 0.29) is 5.69 Å². The summed E-state index contributed by atoms with van der Waals surface area (Å²) in [5.74, 6) is 1.18. The molecule has 1 aliphatic rings. The summed E-state index contributed by atoms with van der Waals surface area (Å²) < 4.78 is 40.5. The van der Waals surface area contributed by atoms with E-state index in [4.69, 9.17) is 16.6 Å². The van der Waals surface area contributed by atoms with Crippen molar-refractivity contribution < 1.29 is 13.2 Å². The fraction of sp³-hybridized carbons (Fsp3) is 0.400. The first kappa shape index (κ1) is 25.2. The molecule has 2 aromatic carbocycles. The molecule has 35 heavy (non-hydrogen) atoms. The lowest BCUT2D eigenvalue weighted by Crippen LogP contribution is -2.48. The van der Waals surface area contributed by atoms with Crippen molar-refractivity contribution in [3.05, 3.63) is 69.1 Å². The van der Waals surface area contributed by atoms with Crippen molar-refractivity contribution in [2.75, 3.05) is 37.6 Å². The topological polar surface area (TPSA) is 54.3 Å². The second kappa shape index (κ2) is 9.99. The summed E-state index contributed by atoms with van der Waals surface area (Å²) in [6.07, 6.45) is -4.48. The van der Waals surface area contributed by atoms with Gasteiger partial charge in [0.2, 0.25) is 5.95 Å². The Hall–Kier alpha value is -2.91. The lowest BCUT2D eigenvalue weighted by molar-refractivity contribution is -0.137. The van der Waals surface area contributed by atoms with Crippen LogP contribution in [0.1, 0.15) is 25.0 Å². The third-order valence-corrected chi connectivity index (χ3v) is 6.20. The number of piperazine rings is 1. The summed E-state index contributed by atoms with van der Waals surface area (Å²) in [4.78, 5) is 26.6. The molecule has 0 bridgehead atoms. The van der Waals surface area contributed by atoms with Crippen molar-refractivity contribution in [1.29, 1.82) is 0 Å². The van der Waals surface area contributed by atoms with Gasteiger partial charge in [-0.15, -0.1) is 0 Å². The second-order valence-electron chi connectivity index (χ2n) is 9.15. The van der Waals surface area contributed by atoms with E-state index in [1.807, 2.05) is 11.8 Å². The molecular formula is C25H27ClF3N5O. The Morgan fingerprint density at radius 3 is 2.23 bits per heavy atom. The van der Waals surface area contributed by atoms with Gasteiger partial charge in [0.15, 0.2) is 5.82 Å². The fourth-order valence-corrected chi connectivity index (χ4v) is 4.50. The molecule has 6 nitrogen and oxygen atoms in total. The molecule has 0 radical (unpaired) electrons. The minimum atomic E-state index is -4.48. The Balaban J connectivity index is 1.78. The van der Waals surface area contributed by atoms with Crippen LogP contribution in [0.2, 0.25) is 5.02 Å². The maximum Gasteiger partial charge on any atom is 0.416 e. The largest absolute Gasteiger partial charge is 0.416 e. The monoisotopic (exact) mass is 505 g/mol. The van der Waals surface area contributed by atoms with Crippen molar-refractivity contribution in [3.8, 4) is 17.1 Å². The molecule has 4 rings (SSSR count). The van der Waals surface area contributed by atoms with Crippen molar-refractivity contribution in [3.63, 3.8) is 0 Å². The number of hydrogen-bond donors (Lipinski definition) is 0. The molecule has 3 aromatic rings. The number of hydrogen-bond acceptors (Lipinski definition) is 5. The Bertz CT molecular complexity index is 1250. The van der Waals surface area contributed by atoms with Crippen LogP contribution in [0.25, 0.3) is 17.1 Å². The van der Waals surface area contributed by atoms with Crippen molar-refractivity contribution in [2.24, 2.45) is 5.92 Å². The number of halogens is 4. The van der Waals surface area contributed by atoms with Crippen LogP contribution in [0.15, 0.2) is 47.3 Å². The van der Waals surface area contributed by atoms with Gasteiger partial charge < -0.3 is 4.90 Å². The van der Waals surface area contributed by atoms with Gasteiger partial charge in [-0.2, -0.15) is 23.1 Å². The van der Waals surface area contributed by atoms with E-state index in [1.54, 1.807) is 18.2 Å². The summed E-state index contributed by atoms with van der Waals surface area (Å²) in [5.41, 5.74) is 0.275. The van der Waals surface area contributed by atoms with Gasteiger partial charge in [-0.1, -0.05) is 25.4 Å². The minimum absolute atomic E-state index is 0.251. The van der Waals surface area contributed by atoms with Gasteiger partial charge in [0.1, 0.15) is 0 Å². The van der Waals surface area contributed by atoms with Crippen molar-refractivity contribution in [1.82, 2.24) is 19.4 Å². The highest BCUT2D eigenvalue weighted by molar-refractivity contribution is 6.30. The SMILES string of the molecule is Cc1cc(Cl)ccc1-c1nc(N2CCN(CC(C)C)CC2)nc(=O)n1-c1ccc(C(F)(F)F)cc1. The van der Waals surface area contributed by atoms with Crippen LogP contribution in [0.5, 0.6) is 0 Å². The van der Waals surface area contributed by atoms with Crippen LogP contribution in [0.4, 0.5) is 19.1 Å². The number of rotatable bonds is 5. The molecule has 0 N–H and O–H groups in total. The Morgan fingerprint density at radius 1 is 1.00 bits per heavy atom. The van der Waals surface area contributed by atoms with Crippen molar-refractivity contribution in [2.45, 2.75) is 26.9 Å². The van der Waals surface area contributed by atoms with Gasteiger partial charge in [-0.3, -0.25) is 4.90 Å². The van der Waals surface area contributed by atoms with E-state index in [0.717, 1.165) is 37.3 Å². The predicted octanol–water partition coefficient (Wildman–Crippen LogP) is 5.05. The molecule has 1 aliphatic heterocycles. The van der Waals surface area contributed by atoms with Gasteiger partial charge in [0.25, 0.3) is 0 Å². The van der Waals surface area contributed by atoms with Crippen LogP contribution >= 0.6 is 11.6 Å². The third-order valence-electron chi connectivity index (χ3n) is 5.97. The first-order valence-corrected chi connectivity index (χ1v) is 11.8. The van der Waals surface area contributed by atoms with Crippen molar-refractivity contribution >= 4 is 17.5 Å². The molecule has 0 amide bonds. The molecule has 0 aliphatic carbocycles. The van der Waals surface area contributed by atoms with Gasteiger partial charge in [0.05, 0.1) is 11.3 Å². The molecular weight excluding hydrogens is 479 g/mol. The van der Waals surface area contributed by atoms with E-state index in [9.17, 15) is 18.0 Å². The zero-order valence-corrected chi connectivity index (χ0v) is 20.6. The quantitative estimate of drug-likeness (QED) is 0.485. The Kier molecular flexibility index (Phi) is 7.19. The zero-order chi connectivity index (χ0) is 25.3.